The van der Waals surface area contributed by atoms with Gasteiger partial charge in [-0.2, -0.15) is 0 Å². The molecular weight excluding hydrogens is 392 g/mol. The third-order valence-corrected chi connectivity index (χ3v) is 4.55. The Kier molecular flexibility index (Phi) is 6.33. The zero-order valence-electron chi connectivity index (χ0n) is 15.4. The van der Waals surface area contributed by atoms with Crippen LogP contribution in [-0.4, -0.2) is 47.5 Å². The Hall–Kier alpha value is -0.920. The van der Waals surface area contributed by atoms with Crippen LogP contribution < -0.4 is 0 Å². The number of halogens is 1. The average Bonchev–Trinajstić information content (AvgIpc) is 2.51. The van der Waals surface area contributed by atoms with Crippen molar-refractivity contribution >= 4 is 27.9 Å². The van der Waals surface area contributed by atoms with Gasteiger partial charge in [0.2, 0.25) is 0 Å². The van der Waals surface area contributed by atoms with Crippen molar-refractivity contribution in [1.82, 2.24) is 0 Å². The average molecular weight is 419 g/mol. The van der Waals surface area contributed by atoms with Crippen molar-refractivity contribution in [2.45, 2.75) is 64.6 Å². The molecule has 0 aromatic carbocycles. The van der Waals surface area contributed by atoms with Gasteiger partial charge in [-0.3, -0.25) is 4.79 Å². The van der Waals surface area contributed by atoms with Gasteiger partial charge in [0, 0.05) is 12.3 Å². The number of carbonyl (C=O) groups is 2. The molecule has 4 atom stereocenters. The molecule has 0 unspecified atom stereocenters. The fourth-order valence-electron chi connectivity index (χ4n) is 2.99. The molecule has 0 aromatic rings. The predicted molar refractivity (Wildman–Crippen MR) is 95.2 cm³/mol. The smallest absolute Gasteiger partial charge is 0.339 e. The highest BCUT2D eigenvalue weighted by molar-refractivity contribution is 9.09. The van der Waals surface area contributed by atoms with Gasteiger partial charge >= 0.3 is 11.9 Å². The highest BCUT2D eigenvalue weighted by Crippen LogP contribution is 2.42. The minimum Gasteiger partial charge on any atom is -0.461 e. The van der Waals surface area contributed by atoms with E-state index >= 15 is 0 Å². The van der Waals surface area contributed by atoms with Crippen LogP contribution in [0.3, 0.4) is 0 Å². The Morgan fingerprint density at radius 3 is 2.56 bits per heavy atom. The molecule has 1 saturated heterocycles. The summed E-state index contributed by atoms with van der Waals surface area (Å²) in [5, 5.41) is 0.428. The van der Waals surface area contributed by atoms with E-state index in [-0.39, 0.29) is 24.4 Å². The lowest BCUT2D eigenvalue weighted by Crippen LogP contribution is -2.59. The third kappa shape index (κ3) is 4.83. The van der Waals surface area contributed by atoms with Gasteiger partial charge in [-0.15, -0.1) is 0 Å². The van der Waals surface area contributed by atoms with Crippen LogP contribution >= 0.6 is 15.9 Å². The van der Waals surface area contributed by atoms with Crippen molar-refractivity contribution in [3.05, 3.63) is 12.2 Å². The van der Waals surface area contributed by atoms with Crippen LogP contribution in [0.15, 0.2) is 12.2 Å². The van der Waals surface area contributed by atoms with Crippen molar-refractivity contribution in [3.8, 4) is 0 Å². The normalized spacial score (nSPS) is 32.2. The zero-order valence-corrected chi connectivity index (χ0v) is 17.0. The van der Waals surface area contributed by atoms with Crippen LogP contribution in [-0.2, 0) is 28.5 Å². The van der Waals surface area contributed by atoms with E-state index < -0.39 is 29.4 Å². The summed E-state index contributed by atoms with van der Waals surface area (Å²) in [6.45, 7) is 9.35. The number of ether oxygens (including phenoxy) is 4. The SMILES string of the molecule is CC(C)OC(=O)[C@]12C[C@H](C(=O)OC(C)(C)C)C=C[C@H]1CO[C@@H](CBr)O2. The second kappa shape index (κ2) is 7.76. The molecule has 0 aromatic heterocycles. The molecule has 1 aliphatic heterocycles. The summed E-state index contributed by atoms with van der Waals surface area (Å²) in [5.74, 6) is -1.69. The van der Waals surface area contributed by atoms with Crippen molar-refractivity contribution in [2.75, 3.05) is 11.9 Å². The summed E-state index contributed by atoms with van der Waals surface area (Å²) in [6, 6.07) is 0. The molecule has 25 heavy (non-hydrogen) atoms. The predicted octanol–water partition coefficient (Wildman–Crippen LogP) is 2.98. The molecule has 7 heteroatoms. The molecule has 1 fully saturated rings. The van der Waals surface area contributed by atoms with Gasteiger partial charge in [0.05, 0.1) is 24.0 Å². The van der Waals surface area contributed by atoms with Crippen molar-refractivity contribution in [2.24, 2.45) is 11.8 Å². The van der Waals surface area contributed by atoms with E-state index in [0.717, 1.165) is 0 Å². The maximum absolute atomic E-state index is 12.9. The topological polar surface area (TPSA) is 71.1 Å². The van der Waals surface area contributed by atoms with E-state index in [9.17, 15) is 9.59 Å². The number of carbonyl (C=O) groups excluding carboxylic acids is 2. The van der Waals surface area contributed by atoms with E-state index in [1.54, 1.807) is 19.9 Å². The Labute approximate surface area is 157 Å². The molecule has 0 amide bonds. The number of fused-ring (bicyclic) bond motifs is 1. The van der Waals surface area contributed by atoms with E-state index in [0.29, 0.717) is 11.9 Å². The van der Waals surface area contributed by atoms with Crippen LogP contribution in [0, 0.1) is 11.8 Å². The zero-order chi connectivity index (χ0) is 18.8. The highest BCUT2D eigenvalue weighted by Gasteiger charge is 2.56. The second-order valence-corrected chi connectivity index (χ2v) is 8.36. The van der Waals surface area contributed by atoms with Gasteiger partial charge in [-0.05, 0) is 34.6 Å². The lowest BCUT2D eigenvalue weighted by Gasteiger charge is -2.46. The van der Waals surface area contributed by atoms with Gasteiger partial charge in [-0.1, -0.05) is 28.1 Å². The first-order chi connectivity index (χ1) is 11.6. The first-order valence-corrected chi connectivity index (χ1v) is 9.67. The van der Waals surface area contributed by atoms with Gasteiger partial charge < -0.3 is 18.9 Å². The molecular formula is C18H27BrO6. The Morgan fingerprint density at radius 1 is 1.32 bits per heavy atom. The van der Waals surface area contributed by atoms with Gasteiger partial charge in [0.15, 0.2) is 11.9 Å². The Bertz CT molecular complexity index is 538. The van der Waals surface area contributed by atoms with Crippen LogP contribution in [0.4, 0.5) is 0 Å². The third-order valence-electron chi connectivity index (χ3n) is 4.03. The van der Waals surface area contributed by atoms with Crippen LogP contribution in [0.5, 0.6) is 0 Å². The maximum atomic E-state index is 12.9. The molecule has 2 rings (SSSR count). The minimum atomic E-state index is -1.24. The largest absolute Gasteiger partial charge is 0.461 e. The van der Waals surface area contributed by atoms with E-state index in [1.165, 1.54) is 0 Å². The summed E-state index contributed by atoms with van der Waals surface area (Å²) in [6.07, 6.45) is 2.93. The molecule has 6 nitrogen and oxygen atoms in total. The quantitative estimate of drug-likeness (QED) is 0.397. The molecule has 2 aliphatic rings. The molecule has 1 aliphatic carbocycles. The van der Waals surface area contributed by atoms with Gasteiger partial charge in [0.25, 0.3) is 0 Å². The van der Waals surface area contributed by atoms with Crippen molar-refractivity contribution in [3.63, 3.8) is 0 Å². The van der Waals surface area contributed by atoms with E-state index in [4.69, 9.17) is 18.9 Å². The summed E-state index contributed by atoms with van der Waals surface area (Å²) in [4.78, 5) is 25.4. The maximum Gasteiger partial charge on any atom is 0.339 e. The molecule has 0 N–H and O–H groups in total. The molecule has 0 radical (unpaired) electrons. The lowest BCUT2D eigenvalue weighted by molar-refractivity contribution is -0.273. The molecule has 0 saturated carbocycles. The van der Waals surface area contributed by atoms with Crippen molar-refractivity contribution < 1.29 is 28.5 Å². The Balaban J connectivity index is 2.29. The number of esters is 2. The summed E-state index contributed by atoms with van der Waals surface area (Å²) in [5.41, 5.74) is -1.83. The molecule has 142 valence electrons. The van der Waals surface area contributed by atoms with Crippen LogP contribution in [0.1, 0.15) is 41.0 Å². The summed E-state index contributed by atoms with van der Waals surface area (Å²) in [7, 11) is 0. The number of hydrogen-bond acceptors (Lipinski definition) is 6. The number of hydrogen-bond donors (Lipinski definition) is 0. The van der Waals surface area contributed by atoms with Crippen LogP contribution in [0.2, 0.25) is 0 Å². The van der Waals surface area contributed by atoms with E-state index in [1.807, 2.05) is 26.8 Å². The monoisotopic (exact) mass is 418 g/mol. The lowest BCUT2D eigenvalue weighted by atomic mass is 9.74. The molecule has 0 spiro atoms. The first-order valence-electron chi connectivity index (χ1n) is 8.55. The second-order valence-electron chi connectivity index (χ2n) is 7.71. The number of alkyl halides is 1. The first kappa shape index (κ1) is 20.4. The number of rotatable bonds is 4. The summed E-state index contributed by atoms with van der Waals surface area (Å²) < 4.78 is 22.5. The fraction of sp³-hybridized carbons (Fsp3) is 0.778. The van der Waals surface area contributed by atoms with E-state index in [2.05, 4.69) is 15.9 Å². The minimum absolute atomic E-state index is 0.182. The van der Waals surface area contributed by atoms with Crippen LogP contribution in [0.25, 0.3) is 0 Å². The Morgan fingerprint density at radius 2 is 2.00 bits per heavy atom. The summed E-state index contributed by atoms with van der Waals surface area (Å²) >= 11 is 3.32. The fourth-order valence-corrected chi connectivity index (χ4v) is 3.31. The van der Waals surface area contributed by atoms with Gasteiger partial charge in [-0.25, -0.2) is 4.79 Å². The van der Waals surface area contributed by atoms with Crippen molar-refractivity contribution in [1.29, 1.82) is 0 Å². The standard InChI is InChI=1S/C18H27BrO6/c1-11(2)23-16(21)18-8-12(15(20)25-17(3,4)5)6-7-13(18)10-22-14(9-19)24-18/h6-7,11-14H,8-10H2,1-5H3/t12-,13+,14-,18+/m1/s1. The van der Waals surface area contributed by atoms with Gasteiger partial charge in [0.1, 0.15) is 5.60 Å². The molecule has 1 heterocycles. The highest BCUT2D eigenvalue weighted by atomic mass is 79.9. The molecule has 0 bridgehead atoms.